The highest BCUT2D eigenvalue weighted by atomic mass is 35.5. The highest BCUT2D eigenvalue weighted by Gasteiger charge is 2.07. The van der Waals surface area contributed by atoms with Crippen molar-refractivity contribution in [3.63, 3.8) is 0 Å². The fourth-order valence-corrected chi connectivity index (χ4v) is 2.78. The van der Waals surface area contributed by atoms with Gasteiger partial charge in [-0.2, -0.15) is 5.10 Å². The summed E-state index contributed by atoms with van der Waals surface area (Å²) < 4.78 is 11.6. The molecule has 3 aromatic carbocycles. The summed E-state index contributed by atoms with van der Waals surface area (Å²) in [5.74, 6) is 0.931. The molecule has 0 saturated carbocycles. The molecule has 5 nitrogen and oxygen atoms in total. The molecule has 0 spiro atoms. The minimum absolute atomic E-state index is 0.336. The quantitative estimate of drug-likeness (QED) is 0.417. The smallest absolute Gasteiger partial charge is 0.271 e. The van der Waals surface area contributed by atoms with Crippen molar-refractivity contribution in [2.45, 2.75) is 13.5 Å². The summed E-state index contributed by atoms with van der Waals surface area (Å²) in [5.41, 5.74) is 4.77. The van der Waals surface area contributed by atoms with Crippen LogP contribution in [0.5, 0.6) is 11.5 Å². The van der Waals surface area contributed by atoms with Crippen LogP contribution in [0.4, 0.5) is 0 Å². The highest BCUT2D eigenvalue weighted by Crippen LogP contribution is 2.28. The average Bonchev–Trinajstić information content (AvgIpc) is 2.74. The van der Waals surface area contributed by atoms with E-state index in [2.05, 4.69) is 10.5 Å². The van der Waals surface area contributed by atoms with E-state index in [1.165, 1.54) is 0 Å². The molecular weight excluding hydrogens is 388 g/mol. The average molecular weight is 409 g/mol. The molecule has 0 aliphatic rings. The lowest BCUT2D eigenvalue weighted by molar-refractivity contribution is 0.0955. The number of nitrogens with one attached hydrogen (secondary N) is 1. The van der Waals surface area contributed by atoms with Gasteiger partial charge in [0.25, 0.3) is 5.91 Å². The third kappa shape index (κ3) is 6.09. The number of halogens is 1. The Hall–Kier alpha value is -3.31. The molecule has 3 aromatic rings. The Balaban J connectivity index is 1.65. The zero-order chi connectivity index (χ0) is 20.5. The number of benzene rings is 3. The maximum Gasteiger partial charge on any atom is 0.271 e. The van der Waals surface area contributed by atoms with Gasteiger partial charge in [0.1, 0.15) is 6.61 Å². The van der Waals surface area contributed by atoms with Crippen LogP contribution >= 0.6 is 11.6 Å². The first-order valence-corrected chi connectivity index (χ1v) is 9.56. The SMILES string of the molecule is CCOc1cc(/C=N\NC(=O)c2cccc(Cl)c2)ccc1OCc1ccccc1. The Kier molecular flexibility index (Phi) is 7.25. The minimum atomic E-state index is -0.336. The maximum atomic E-state index is 12.1. The van der Waals surface area contributed by atoms with Crippen LogP contribution in [0, 0.1) is 0 Å². The summed E-state index contributed by atoms with van der Waals surface area (Å²) in [5, 5.41) is 4.50. The molecular formula is C23H21ClN2O3. The zero-order valence-electron chi connectivity index (χ0n) is 16.0. The molecule has 1 amide bonds. The minimum Gasteiger partial charge on any atom is -0.490 e. The van der Waals surface area contributed by atoms with E-state index in [9.17, 15) is 4.79 Å². The van der Waals surface area contributed by atoms with Gasteiger partial charge in [0, 0.05) is 10.6 Å². The van der Waals surface area contributed by atoms with Gasteiger partial charge in [-0.15, -0.1) is 0 Å². The molecule has 0 saturated heterocycles. The van der Waals surface area contributed by atoms with E-state index in [0.29, 0.717) is 35.3 Å². The van der Waals surface area contributed by atoms with Gasteiger partial charge in [0.2, 0.25) is 0 Å². The second-order valence-corrected chi connectivity index (χ2v) is 6.56. The predicted molar refractivity (Wildman–Crippen MR) is 115 cm³/mol. The predicted octanol–water partition coefficient (Wildman–Crippen LogP) is 5.08. The Bertz CT molecular complexity index is 990. The molecule has 0 heterocycles. The summed E-state index contributed by atoms with van der Waals surface area (Å²) in [4.78, 5) is 12.1. The molecule has 0 bridgehead atoms. The van der Waals surface area contributed by atoms with Crippen LogP contribution in [0.15, 0.2) is 77.9 Å². The number of carbonyl (C=O) groups is 1. The number of amides is 1. The largest absolute Gasteiger partial charge is 0.490 e. The Morgan fingerprint density at radius 2 is 1.83 bits per heavy atom. The molecule has 0 aliphatic heterocycles. The molecule has 0 atom stereocenters. The third-order valence-corrected chi connectivity index (χ3v) is 4.21. The molecule has 29 heavy (non-hydrogen) atoms. The number of nitrogens with zero attached hydrogens (tertiary/aromatic N) is 1. The van der Waals surface area contributed by atoms with Crippen molar-refractivity contribution in [1.82, 2.24) is 5.43 Å². The second kappa shape index (κ2) is 10.3. The van der Waals surface area contributed by atoms with Crippen LogP contribution in [-0.4, -0.2) is 18.7 Å². The lowest BCUT2D eigenvalue weighted by Crippen LogP contribution is -2.17. The summed E-state index contributed by atoms with van der Waals surface area (Å²) >= 11 is 5.90. The molecule has 0 radical (unpaired) electrons. The topological polar surface area (TPSA) is 59.9 Å². The standard InChI is InChI=1S/C23H21ClN2O3/c1-2-28-22-13-18(11-12-21(22)29-16-17-7-4-3-5-8-17)15-25-26-23(27)19-9-6-10-20(24)14-19/h3-15H,2,16H2,1H3,(H,26,27)/b25-15-. The Morgan fingerprint density at radius 3 is 2.59 bits per heavy atom. The van der Waals surface area contributed by atoms with Crippen LogP contribution in [0.25, 0.3) is 0 Å². The van der Waals surface area contributed by atoms with E-state index in [-0.39, 0.29) is 5.91 Å². The Morgan fingerprint density at radius 1 is 1.00 bits per heavy atom. The number of rotatable bonds is 8. The molecule has 3 rings (SSSR count). The molecule has 0 unspecified atom stereocenters. The van der Waals surface area contributed by atoms with Crippen molar-refractivity contribution in [2.75, 3.05) is 6.61 Å². The molecule has 0 fully saturated rings. The van der Waals surface area contributed by atoms with E-state index in [1.807, 2.05) is 55.5 Å². The van der Waals surface area contributed by atoms with Crippen molar-refractivity contribution in [3.8, 4) is 11.5 Å². The zero-order valence-corrected chi connectivity index (χ0v) is 16.7. The summed E-state index contributed by atoms with van der Waals surface area (Å²) in [6, 6.07) is 22.1. The van der Waals surface area contributed by atoms with E-state index in [0.717, 1.165) is 11.1 Å². The first kappa shape index (κ1) is 20.4. The van der Waals surface area contributed by atoms with Gasteiger partial charge in [-0.1, -0.05) is 48.0 Å². The van der Waals surface area contributed by atoms with Crippen LogP contribution in [0.1, 0.15) is 28.4 Å². The van der Waals surface area contributed by atoms with Crippen LogP contribution < -0.4 is 14.9 Å². The lowest BCUT2D eigenvalue weighted by Gasteiger charge is -2.12. The highest BCUT2D eigenvalue weighted by molar-refractivity contribution is 6.30. The third-order valence-electron chi connectivity index (χ3n) is 3.97. The van der Waals surface area contributed by atoms with Gasteiger partial charge >= 0.3 is 0 Å². The van der Waals surface area contributed by atoms with Gasteiger partial charge in [-0.3, -0.25) is 4.79 Å². The fraction of sp³-hybridized carbons (Fsp3) is 0.130. The van der Waals surface area contributed by atoms with E-state index < -0.39 is 0 Å². The van der Waals surface area contributed by atoms with Crippen LogP contribution in [-0.2, 0) is 6.61 Å². The van der Waals surface area contributed by atoms with Gasteiger partial charge in [0.15, 0.2) is 11.5 Å². The summed E-state index contributed by atoms with van der Waals surface area (Å²) in [6.07, 6.45) is 1.55. The molecule has 0 aromatic heterocycles. The number of hydrogen-bond donors (Lipinski definition) is 1. The van der Waals surface area contributed by atoms with E-state index in [1.54, 1.807) is 30.5 Å². The number of hydrazone groups is 1. The monoisotopic (exact) mass is 408 g/mol. The van der Waals surface area contributed by atoms with Gasteiger partial charge in [-0.25, -0.2) is 5.43 Å². The van der Waals surface area contributed by atoms with Crippen molar-refractivity contribution >= 4 is 23.7 Å². The van der Waals surface area contributed by atoms with Crippen molar-refractivity contribution in [3.05, 3.63) is 94.5 Å². The van der Waals surface area contributed by atoms with Crippen molar-refractivity contribution in [1.29, 1.82) is 0 Å². The van der Waals surface area contributed by atoms with Gasteiger partial charge < -0.3 is 9.47 Å². The maximum absolute atomic E-state index is 12.1. The summed E-state index contributed by atoms with van der Waals surface area (Å²) in [6.45, 7) is 2.87. The van der Waals surface area contributed by atoms with Crippen LogP contribution in [0.3, 0.4) is 0 Å². The number of hydrogen-bond acceptors (Lipinski definition) is 4. The Labute approximate surface area is 174 Å². The first-order valence-electron chi connectivity index (χ1n) is 9.18. The normalized spacial score (nSPS) is 10.7. The molecule has 0 aliphatic carbocycles. The van der Waals surface area contributed by atoms with Gasteiger partial charge in [-0.05, 0) is 54.4 Å². The van der Waals surface area contributed by atoms with Gasteiger partial charge in [0.05, 0.1) is 12.8 Å². The number of ether oxygens (including phenoxy) is 2. The second-order valence-electron chi connectivity index (χ2n) is 6.12. The molecule has 148 valence electrons. The van der Waals surface area contributed by atoms with E-state index >= 15 is 0 Å². The molecule has 1 N–H and O–H groups in total. The summed E-state index contributed by atoms with van der Waals surface area (Å²) in [7, 11) is 0. The van der Waals surface area contributed by atoms with E-state index in [4.69, 9.17) is 21.1 Å². The first-order chi connectivity index (χ1) is 14.2. The van der Waals surface area contributed by atoms with Crippen molar-refractivity contribution < 1.29 is 14.3 Å². The lowest BCUT2D eigenvalue weighted by atomic mass is 10.2. The van der Waals surface area contributed by atoms with Crippen molar-refractivity contribution in [2.24, 2.45) is 5.10 Å². The molecule has 6 heteroatoms. The van der Waals surface area contributed by atoms with Crippen LogP contribution in [0.2, 0.25) is 5.02 Å². The number of carbonyl (C=O) groups excluding carboxylic acids is 1. The fourth-order valence-electron chi connectivity index (χ4n) is 2.59.